The number of halogens is 1. The second-order valence-corrected chi connectivity index (χ2v) is 7.87. The van der Waals surface area contributed by atoms with Crippen molar-refractivity contribution < 1.29 is 9.21 Å². The van der Waals surface area contributed by atoms with E-state index in [9.17, 15) is 4.79 Å². The molecule has 0 saturated heterocycles. The van der Waals surface area contributed by atoms with Crippen LogP contribution in [0.25, 0.3) is 34.7 Å². The monoisotopic (exact) mass is 426 g/mol. The Kier molecular flexibility index (Phi) is 4.92. The van der Waals surface area contributed by atoms with Gasteiger partial charge in [-0.1, -0.05) is 54.1 Å². The number of amides is 1. The number of carbonyl (C=O) groups excluding carboxylic acids is 1. The number of oxazole rings is 1. The molecule has 5 rings (SSSR count). The van der Waals surface area contributed by atoms with Crippen LogP contribution in [-0.2, 0) is 11.3 Å². The summed E-state index contributed by atoms with van der Waals surface area (Å²) in [6, 6.07) is 19.9. The molecule has 152 valence electrons. The van der Waals surface area contributed by atoms with E-state index < -0.39 is 0 Å². The van der Waals surface area contributed by atoms with E-state index in [0.717, 1.165) is 39.1 Å². The van der Waals surface area contributed by atoms with Crippen LogP contribution in [0.2, 0.25) is 5.02 Å². The number of benzene rings is 3. The van der Waals surface area contributed by atoms with E-state index in [1.807, 2.05) is 42.5 Å². The van der Waals surface area contributed by atoms with Gasteiger partial charge >= 0.3 is 0 Å². The summed E-state index contributed by atoms with van der Waals surface area (Å²) in [5.74, 6) is 0.564. The topological polar surface area (TPSA) is 46.3 Å². The molecule has 2 heterocycles. The molecule has 0 spiro atoms. The lowest BCUT2D eigenvalue weighted by molar-refractivity contribution is -0.116. The Hall–Kier alpha value is -3.63. The van der Waals surface area contributed by atoms with E-state index in [0.29, 0.717) is 17.5 Å². The van der Waals surface area contributed by atoms with Crippen molar-refractivity contribution in [2.24, 2.45) is 0 Å². The molecule has 3 aromatic carbocycles. The van der Waals surface area contributed by atoms with Crippen molar-refractivity contribution in [3.05, 3.63) is 94.8 Å². The molecule has 1 amide bonds. The van der Waals surface area contributed by atoms with Crippen molar-refractivity contribution in [2.45, 2.75) is 13.5 Å². The normalized spacial score (nSPS) is 12.6. The van der Waals surface area contributed by atoms with Crippen LogP contribution in [0.4, 0.5) is 5.69 Å². The van der Waals surface area contributed by atoms with Gasteiger partial charge in [0.15, 0.2) is 0 Å². The summed E-state index contributed by atoms with van der Waals surface area (Å²) < 4.78 is 5.54. The zero-order valence-corrected chi connectivity index (χ0v) is 17.6. The maximum atomic E-state index is 12.5. The quantitative estimate of drug-likeness (QED) is 0.358. The third kappa shape index (κ3) is 3.66. The van der Waals surface area contributed by atoms with Gasteiger partial charge in [-0.15, -0.1) is 0 Å². The number of hydrogen-bond acceptors (Lipinski definition) is 3. The highest BCUT2D eigenvalue weighted by atomic mass is 35.5. The summed E-state index contributed by atoms with van der Waals surface area (Å²) >= 11 is 6.19. The number of rotatable bonds is 2. The molecular formula is C26H19ClN2O2. The van der Waals surface area contributed by atoms with Crippen LogP contribution in [0, 0.1) is 0 Å². The molecule has 0 aliphatic carbocycles. The summed E-state index contributed by atoms with van der Waals surface area (Å²) in [5, 5.41) is 0.645. The van der Waals surface area contributed by atoms with Crippen LogP contribution < -0.4 is 4.90 Å². The molecule has 0 radical (unpaired) electrons. The number of carbonyl (C=O) groups is 1. The molecular weight excluding hydrogens is 408 g/mol. The van der Waals surface area contributed by atoms with Crippen LogP contribution in [0.1, 0.15) is 23.6 Å². The fourth-order valence-electron chi connectivity index (χ4n) is 3.97. The molecule has 0 fully saturated rings. The van der Waals surface area contributed by atoms with Gasteiger partial charge in [0.05, 0.1) is 18.4 Å². The van der Waals surface area contributed by atoms with Crippen LogP contribution in [-0.4, -0.2) is 10.9 Å². The lowest BCUT2D eigenvalue weighted by Gasteiger charge is -2.26. The first-order valence-electron chi connectivity index (χ1n) is 9.98. The molecule has 0 saturated carbocycles. The fourth-order valence-corrected chi connectivity index (χ4v) is 4.15. The Bertz CT molecular complexity index is 1310. The minimum atomic E-state index is -0.0181. The van der Waals surface area contributed by atoms with Crippen LogP contribution in [0.5, 0.6) is 0 Å². The lowest BCUT2D eigenvalue weighted by Crippen LogP contribution is -2.29. The van der Waals surface area contributed by atoms with Gasteiger partial charge in [0.2, 0.25) is 11.8 Å². The highest BCUT2D eigenvalue weighted by molar-refractivity contribution is 6.30. The molecule has 31 heavy (non-hydrogen) atoms. The van der Waals surface area contributed by atoms with Gasteiger partial charge in [-0.2, -0.15) is 0 Å². The third-order valence-corrected chi connectivity index (χ3v) is 5.71. The van der Waals surface area contributed by atoms with Gasteiger partial charge in [-0.05, 0) is 58.1 Å². The molecule has 1 aliphatic heterocycles. The van der Waals surface area contributed by atoms with E-state index in [4.69, 9.17) is 16.0 Å². The lowest BCUT2D eigenvalue weighted by atomic mass is 9.94. The zero-order chi connectivity index (χ0) is 21.4. The summed E-state index contributed by atoms with van der Waals surface area (Å²) in [6.45, 7) is 2.06. The van der Waals surface area contributed by atoms with Gasteiger partial charge < -0.3 is 9.32 Å². The Morgan fingerprint density at radius 1 is 1.00 bits per heavy atom. The maximum Gasteiger partial charge on any atom is 0.226 e. The molecule has 4 nitrogen and oxygen atoms in total. The molecule has 1 aliphatic rings. The first-order chi connectivity index (χ1) is 15.1. The van der Waals surface area contributed by atoms with Gasteiger partial charge in [-0.3, -0.25) is 4.79 Å². The zero-order valence-electron chi connectivity index (χ0n) is 16.9. The SMILES string of the molecule is CC(=O)N1Cc2cc(-c3ccccc3-c3ncco3)ccc2C=Cc2cc(Cl)ccc21. The minimum absolute atomic E-state index is 0.0181. The van der Waals surface area contributed by atoms with Crippen molar-refractivity contribution in [1.29, 1.82) is 0 Å². The van der Waals surface area contributed by atoms with E-state index in [1.165, 1.54) is 0 Å². The van der Waals surface area contributed by atoms with Gasteiger partial charge in [0.25, 0.3) is 0 Å². The van der Waals surface area contributed by atoms with Crippen molar-refractivity contribution in [3.8, 4) is 22.6 Å². The summed E-state index contributed by atoms with van der Waals surface area (Å²) in [4.78, 5) is 18.6. The number of fused-ring (bicyclic) bond motifs is 2. The van der Waals surface area contributed by atoms with Crippen LogP contribution in [0.15, 0.2) is 77.5 Å². The molecule has 0 atom stereocenters. The number of hydrogen-bond donors (Lipinski definition) is 0. The largest absolute Gasteiger partial charge is 0.445 e. The number of anilines is 1. The smallest absolute Gasteiger partial charge is 0.226 e. The first kappa shape index (κ1) is 19.3. The Balaban J connectivity index is 1.63. The van der Waals surface area contributed by atoms with E-state index in [2.05, 4.69) is 35.3 Å². The van der Waals surface area contributed by atoms with Crippen molar-refractivity contribution >= 4 is 35.3 Å². The first-order valence-corrected chi connectivity index (χ1v) is 10.4. The number of aromatic nitrogens is 1. The van der Waals surface area contributed by atoms with Crippen LogP contribution in [0.3, 0.4) is 0 Å². The molecule has 0 bridgehead atoms. The molecule has 4 aromatic rings. The Labute approximate surface area is 185 Å². The van der Waals surface area contributed by atoms with Gasteiger partial charge in [0, 0.05) is 17.5 Å². The maximum absolute atomic E-state index is 12.5. The minimum Gasteiger partial charge on any atom is -0.445 e. The standard InChI is InChI=1S/C26H19ClN2O2/c1-17(30)29-16-21-14-19(23-4-2-3-5-24(23)26-28-12-13-31-26)8-6-18(21)7-9-20-15-22(27)10-11-25(20)29/h2-15H,16H2,1H3. The Morgan fingerprint density at radius 2 is 1.81 bits per heavy atom. The average molecular weight is 427 g/mol. The van der Waals surface area contributed by atoms with E-state index in [1.54, 1.807) is 24.3 Å². The van der Waals surface area contributed by atoms with Crippen LogP contribution >= 0.6 is 11.6 Å². The predicted octanol–water partition coefficient (Wildman–Crippen LogP) is 6.70. The fraction of sp³-hybridized carbons (Fsp3) is 0.0769. The van der Waals surface area contributed by atoms with Crippen molar-refractivity contribution in [1.82, 2.24) is 4.98 Å². The molecule has 0 unspecified atom stereocenters. The van der Waals surface area contributed by atoms with E-state index in [-0.39, 0.29) is 5.91 Å². The molecule has 0 N–H and O–H groups in total. The van der Waals surface area contributed by atoms with Gasteiger partial charge in [-0.25, -0.2) is 4.98 Å². The molecule has 5 heteroatoms. The average Bonchev–Trinajstić information content (AvgIpc) is 3.30. The Morgan fingerprint density at radius 3 is 2.58 bits per heavy atom. The predicted molar refractivity (Wildman–Crippen MR) is 125 cm³/mol. The second kappa shape index (κ2) is 7.89. The second-order valence-electron chi connectivity index (χ2n) is 7.44. The summed E-state index contributed by atoms with van der Waals surface area (Å²) in [5.41, 5.74) is 6.90. The summed E-state index contributed by atoms with van der Waals surface area (Å²) in [7, 11) is 0. The summed E-state index contributed by atoms with van der Waals surface area (Å²) in [6.07, 6.45) is 7.30. The highest BCUT2D eigenvalue weighted by Gasteiger charge is 2.20. The van der Waals surface area contributed by atoms with Crippen molar-refractivity contribution in [3.63, 3.8) is 0 Å². The van der Waals surface area contributed by atoms with Crippen molar-refractivity contribution in [2.75, 3.05) is 4.90 Å². The third-order valence-electron chi connectivity index (χ3n) is 5.48. The number of nitrogens with zero attached hydrogens (tertiary/aromatic N) is 2. The highest BCUT2D eigenvalue weighted by Crippen LogP contribution is 2.35. The van der Waals surface area contributed by atoms with E-state index >= 15 is 0 Å². The molecule has 1 aromatic heterocycles. The van der Waals surface area contributed by atoms with Gasteiger partial charge in [0.1, 0.15) is 6.26 Å².